The van der Waals surface area contributed by atoms with Crippen molar-refractivity contribution < 1.29 is 9.90 Å². The fraction of sp³-hybridized carbons (Fsp3) is 0.188. The van der Waals surface area contributed by atoms with Gasteiger partial charge in [-0.25, -0.2) is 4.79 Å². The molecule has 108 valence electrons. The minimum absolute atomic E-state index is 0.0459. The summed E-state index contributed by atoms with van der Waals surface area (Å²) in [6.07, 6.45) is 0. The van der Waals surface area contributed by atoms with Gasteiger partial charge in [0.05, 0.1) is 0 Å². The second-order valence-electron chi connectivity index (χ2n) is 4.95. The van der Waals surface area contributed by atoms with Crippen molar-refractivity contribution in [2.45, 2.75) is 6.54 Å². The van der Waals surface area contributed by atoms with Gasteiger partial charge in [0.1, 0.15) is 5.75 Å². The van der Waals surface area contributed by atoms with Crippen LogP contribution in [0.2, 0.25) is 0 Å². The van der Waals surface area contributed by atoms with E-state index in [0.29, 0.717) is 19.6 Å². The highest BCUT2D eigenvalue weighted by atomic mass is 16.3. The molecule has 3 N–H and O–H groups in total. The van der Waals surface area contributed by atoms with Crippen molar-refractivity contribution in [3.8, 4) is 5.75 Å². The van der Waals surface area contributed by atoms with Crippen LogP contribution in [0, 0.1) is 0 Å². The molecule has 0 radical (unpaired) electrons. The Hall–Kier alpha value is -2.69. The maximum atomic E-state index is 11.6. The number of amides is 2. The monoisotopic (exact) mass is 283 g/mol. The van der Waals surface area contributed by atoms with Crippen LogP contribution >= 0.6 is 0 Å². The molecule has 0 spiro atoms. The van der Waals surface area contributed by atoms with Crippen LogP contribution < -0.4 is 15.5 Å². The number of carbonyl (C=O) groups excluding carboxylic acids is 1. The molecule has 0 bridgehead atoms. The van der Waals surface area contributed by atoms with Crippen LogP contribution in [-0.4, -0.2) is 24.2 Å². The molecule has 0 unspecified atom stereocenters. The first-order chi connectivity index (χ1) is 10.2. The van der Waals surface area contributed by atoms with Gasteiger partial charge in [-0.1, -0.05) is 12.1 Å². The Morgan fingerprint density at radius 2 is 2.00 bits per heavy atom. The van der Waals surface area contributed by atoms with E-state index in [4.69, 9.17) is 0 Å². The van der Waals surface area contributed by atoms with Crippen molar-refractivity contribution in [2.75, 3.05) is 23.3 Å². The SMILES string of the molecule is O=C1NCCN1c1ccc(NCc2cccc(O)c2)cc1. The van der Waals surface area contributed by atoms with Crippen LogP contribution in [0.5, 0.6) is 5.75 Å². The maximum absolute atomic E-state index is 11.6. The zero-order chi connectivity index (χ0) is 14.7. The summed E-state index contributed by atoms with van der Waals surface area (Å²) in [4.78, 5) is 13.3. The average Bonchev–Trinajstić information content (AvgIpc) is 2.92. The number of benzene rings is 2. The summed E-state index contributed by atoms with van der Waals surface area (Å²) in [7, 11) is 0. The lowest BCUT2D eigenvalue weighted by atomic mass is 10.2. The highest BCUT2D eigenvalue weighted by Gasteiger charge is 2.20. The van der Waals surface area contributed by atoms with Gasteiger partial charge in [0.2, 0.25) is 0 Å². The number of nitrogens with zero attached hydrogens (tertiary/aromatic N) is 1. The van der Waals surface area contributed by atoms with Crippen molar-refractivity contribution >= 4 is 17.4 Å². The molecule has 2 amide bonds. The van der Waals surface area contributed by atoms with Crippen molar-refractivity contribution in [1.29, 1.82) is 0 Å². The molecule has 0 aromatic heterocycles. The van der Waals surface area contributed by atoms with Gasteiger partial charge in [-0.05, 0) is 42.0 Å². The van der Waals surface area contributed by atoms with Crippen LogP contribution in [0.25, 0.3) is 0 Å². The quantitative estimate of drug-likeness (QED) is 0.808. The average molecular weight is 283 g/mol. The van der Waals surface area contributed by atoms with Crippen molar-refractivity contribution in [3.63, 3.8) is 0 Å². The molecule has 21 heavy (non-hydrogen) atoms. The molecule has 1 saturated heterocycles. The lowest BCUT2D eigenvalue weighted by Gasteiger charge is -2.15. The minimum atomic E-state index is -0.0459. The first-order valence-electron chi connectivity index (χ1n) is 6.89. The number of hydrogen-bond donors (Lipinski definition) is 3. The number of rotatable bonds is 4. The lowest BCUT2D eigenvalue weighted by Crippen LogP contribution is -2.27. The molecule has 2 aromatic carbocycles. The molecule has 0 aliphatic carbocycles. The summed E-state index contributed by atoms with van der Waals surface area (Å²) in [6, 6.07) is 14.9. The Kier molecular flexibility index (Phi) is 3.64. The molecule has 5 nitrogen and oxygen atoms in total. The van der Waals surface area contributed by atoms with Gasteiger partial charge in [0, 0.05) is 31.0 Å². The third-order valence-corrected chi connectivity index (χ3v) is 3.44. The van der Waals surface area contributed by atoms with Gasteiger partial charge in [0.25, 0.3) is 0 Å². The number of nitrogens with one attached hydrogen (secondary N) is 2. The van der Waals surface area contributed by atoms with E-state index in [2.05, 4.69) is 10.6 Å². The first-order valence-corrected chi connectivity index (χ1v) is 6.89. The summed E-state index contributed by atoms with van der Waals surface area (Å²) in [5.74, 6) is 0.268. The van der Waals surface area contributed by atoms with Crippen molar-refractivity contribution in [1.82, 2.24) is 5.32 Å². The molecule has 1 heterocycles. The first kappa shape index (κ1) is 13.3. The fourth-order valence-corrected chi connectivity index (χ4v) is 2.35. The smallest absolute Gasteiger partial charge is 0.321 e. The van der Waals surface area contributed by atoms with E-state index in [1.54, 1.807) is 17.0 Å². The zero-order valence-electron chi connectivity index (χ0n) is 11.5. The highest BCUT2D eigenvalue weighted by molar-refractivity contribution is 5.94. The second-order valence-corrected chi connectivity index (χ2v) is 4.95. The van der Waals surface area contributed by atoms with Gasteiger partial charge in [-0.15, -0.1) is 0 Å². The van der Waals surface area contributed by atoms with Crippen molar-refractivity contribution in [2.24, 2.45) is 0 Å². The molecule has 0 atom stereocenters. The summed E-state index contributed by atoms with van der Waals surface area (Å²) < 4.78 is 0. The second kappa shape index (κ2) is 5.75. The standard InChI is InChI=1S/C16H17N3O2/c20-15-3-1-2-12(10-15)11-18-13-4-6-14(7-5-13)19-9-8-17-16(19)21/h1-7,10,18,20H,8-9,11H2,(H,17,21). The van der Waals surface area contributed by atoms with E-state index in [1.165, 1.54) is 0 Å². The number of phenols is 1. The number of aromatic hydroxyl groups is 1. The highest BCUT2D eigenvalue weighted by Crippen LogP contribution is 2.20. The molecular formula is C16H17N3O2. The Morgan fingerprint density at radius 3 is 2.67 bits per heavy atom. The molecule has 3 rings (SSSR count). The van der Waals surface area contributed by atoms with Crippen LogP contribution in [-0.2, 0) is 6.54 Å². The Labute approximate surface area is 123 Å². The number of carbonyl (C=O) groups is 1. The van der Waals surface area contributed by atoms with E-state index in [0.717, 1.165) is 16.9 Å². The summed E-state index contributed by atoms with van der Waals surface area (Å²) in [6.45, 7) is 2.03. The van der Waals surface area contributed by atoms with Gasteiger partial charge in [-0.3, -0.25) is 4.90 Å². The fourth-order valence-electron chi connectivity index (χ4n) is 2.35. The molecule has 1 fully saturated rings. The molecule has 1 aliphatic rings. The third-order valence-electron chi connectivity index (χ3n) is 3.44. The molecule has 5 heteroatoms. The van der Waals surface area contributed by atoms with E-state index in [1.807, 2.05) is 36.4 Å². The van der Waals surface area contributed by atoms with Crippen LogP contribution in [0.1, 0.15) is 5.56 Å². The Morgan fingerprint density at radius 1 is 1.19 bits per heavy atom. The maximum Gasteiger partial charge on any atom is 0.321 e. The predicted molar refractivity (Wildman–Crippen MR) is 82.6 cm³/mol. The summed E-state index contributed by atoms with van der Waals surface area (Å²) in [5.41, 5.74) is 2.88. The lowest BCUT2D eigenvalue weighted by molar-refractivity contribution is 0.252. The minimum Gasteiger partial charge on any atom is -0.508 e. The third kappa shape index (κ3) is 3.08. The largest absolute Gasteiger partial charge is 0.508 e. The topological polar surface area (TPSA) is 64.6 Å². The number of urea groups is 1. The van der Waals surface area contributed by atoms with E-state index in [-0.39, 0.29) is 11.8 Å². The van der Waals surface area contributed by atoms with Crippen molar-refractivity contribution in [3.05, 3.63) is 54.1 Å². The van der Waals surface area contributed by atoms with E-state index < -0.39 is 0 Å². The van der Waals surface area contributed by atoms with E-state index in [9.17, 15) is 9.90 Å². The normalized spacial score (nSPS) is 14.1. The Bertz CT molecular complexity index is 640. The van der Waals surface area contributed by atoms with Gasteiger partial charge in [0.15, 0.2) is 0 Å². The molecule has 2 aromatic rings. The van der Waals surface area contributed by atoms with Gasteiger partial charge in [-0.2, -0.15) is 0 Å². The Balaban J connectivity index is 1.63. The van der Waals surface area contributed by atoms with Crippen LogP contribution in [0.4, 0.5) is 16.2 Å². The van der Waals surface area contributed by atoms with Crippen LogP contribution in [0.3, 0.4) is 0 Å². The van der Waals surface area contributed by atoms with Crippen LogP contribution in [0.15, 0.2) is 48.5 Å². The summed E-state index contributed by atoms with van der Waals surface area (Å²) >= 11 is 0. The molecular weight excluding hydrogens is 266 g/mol. The zero-order valence-corrected chi connectivity index (χ0v) is 11.5. The predicted octanol–water partition coefficient (Wildman–Crippen LogP) is 2.53. The van der Waals surface area contributed by atoms with Gasteiger partial charge >= 0.3 is 6.03 Å². The number of anilines is 2. The van der Waals surface area contributed by atoms with E-state index >= 15 is 0 Å². The molecule has 0 saturated carbocycles. The molecule has 1 aliphatic heterocycles. The summed E-state index contributed by atoms with van der Waals surface area (Å²) in [5, 5.41) is 15.5. The van der Waals surface area contributed by atoms with Gasteiger partial charge < -0.3 is 15.7 Å². The number of hydrogen-bond acceptors (Lipinski definition) is 3. The number of phenolic OH excluding ortho intramolecular Hbond substituents is 1.